The molecule has 2 aliphatic heterocycles. The molecule has 0 unspecified atom stereocenters. The van der Waals surface area contributed by atoms with E-state index in [1.54, 1.807) is 28.6 Å². The number of nitrogens with zero attached hydrogens (tertiary/aromatic N) is 3. The SMILES string of the molecule is CC1CCN(S(=O)(=O)c2ccc(C(=O)N3CCCN(CC4CCCCC4)CC3)cc2)CC1. The zero-order chi connectivity index (χ0) is 22.6. The monoisotopic (exact) mass is 461 g/mol. The summed E-state index contributed by atoms with van der Waals surface area (Å²) in [7, 11) is -3.48. The molecule has 4 rings (SSSR count). The Bertz CT molecular complexity index is 857. The summed E-state index contributed by atoms with van der Waals surface area (Å²) in [5.74, 6) is 1.41. The molecule has 3 aliphatic rings. The Morgan fingerprint density at radius 3 is 2.22 bits per heavy atom. The fraction of sp³-hybridized carbons (Fsp3) is 0.720. The van der Waals surface area contributed by atoms with Crippen LogP contribution in [0.15, 0.2) is 29.2 Å². The quantitative estimate of drug-likeness (QED) is 0.669. The zero-order valence-corrected chi connectivity index (χ0v) is 20.4. The molecular formula is C25H39N3O3S. The summed E-state index contributed by atoms with van der Waals surface area (Å²) in [4.78, 5) is 17.9. The van der Waals surface area contributed by atoms with E-state index in [0.29, 0.717) is 24.6 Å². The Morgan fingerprint density at radius 2 is 1.53 bits per heavy atom. The lowest BCUT2D eigenvalue weighted by atomic mass is 9.89. The van der Waals surface area contributed by atoms with Crippen molar-refractivity contribution >= 4 is 15.9 Å². The molecule has 1 aliphatic carbocycles. The molecule has 1 aromatic carbocycles. The van der Waals surface area contributed by atoms with E-state index in [2.05, 4.69) is 11.8 Å². The third kappa shape index (κ3) is 5.72. The van der Waals surface area contributed by atoms with Gasteiger partial charge in [-0.2, -0.15) is 4.31 Å². The minimum absolute atomic E-state index is 0.0141. The van der Waals surface area contributed by atoms with Gasteiger partial charge in [-0.05, 0) is 74.8 Å². The van der Waals surface area contributed by atoms with Crippen LogP contribution in [0.2, 0.25) is 0 Å². The van der Waals surface area contributed by atoms with E-state index in [-0.39, 0.29) is 10.8 Å². The summed E-state index contributed by atoms with van der Waals surface area (Å²) in [6.07, 6.45) is 9.63. The van der Waals surface area contributed by atoms with Crippen molar-refractivity contribution in [2.24, 2.45) is 11.8 Å². The number of piperidine rings is 1. The molecule has 7 heteroatoms. The first-order valence-corrected chi connectivity index (χ1v) is 14.0. The van der Waals surface area contributed by atoms with Crippen LogP contribution >= 0.6 is 0 Å². The topological polar surface area (TPSA) is 60.9 Å². The Kier molecular flexibility index (Phi) is 7.90. The first kappa shape index (κ1) is 23.7. The number of sulfonamides is 1. The fourth-order valence-corrected chi connectivity index (χ4v) is 6.89. The van der Waals surface area contributed by atoms with E-state index in [4.69, 9.17) is 0 Å². The summed E-state index contributed by atoms with van der Waals surface area (Å²) in [5.41, 5.74) is 0.581. The highest BCUT2D eigenvalue weighted by Gasteiger charge is 2.28. The highest BCUT2D eigenvalue weighted by Crippen LogP contribution is 2.26. The minimum Gasteiger partial charge on any atom is -0.337 e. The molecule has 2 heterocycles. The van der Waals surface area contributed by atoms with Crippen LogP contribution in [0.5, 0.6) is 0 Å². The molecule has 1 aromatic rings. The lowest BCUT2D eigenvalue weighted by Crippen LogP contribution is -2.38. The normalized spacial score (nSPS) is 23.2. The molecule has 0 aromatic heterocycles. The van der Waals surface area contributed by atoms with E-state index in [9.17, 15) is 13.2 Å². The third-order valence-electron chi connectivity index (χ3n) is 7.60. The van der Waals surface area contributed by atoms with Crippen molar-refractivity contribution in [2.75, 3.05) is 45.8 Å². The van der Waals surface area contributed by atoms with Crippen molar-refractivity contribution in [3.63, 3.8) is 0 Å². The van der Waals surface area contributed by atoms with Crippen molar-refractivity contribution in [2.45, 2.75) is 63.2 Å². The maximum absolute atomic E-state index is 13.1. The smallest absolute Gasteiger partial charge is 0.253 e. The van der Waals surface area contributed by atoms with Crippen molar-refractivity contribution in [1.29, 1.82) is 0 Å². The highest BCUT2D eigenvalue weighted by atomic mass is 32.2. The molecule has 1 amide bonds. The molecule has 0 N–H and O–H groups in total. The lowest BCUT2D eigenvalue weighted by Gasteiger charge is -2.29. The zero-order valence-electron chi connectivity index (χ0n) is 19.5. The van der Waals surface area contributed by atoms with Crippen LogP contribution in [0, 0.1) is 11.8 Å². The van der Waals surface area contributed by atoms with Crippen LogP contribution in [0.4, 0.5) is 0 Å². The Morgan fingerprint density at radius 1 is 0.844 bits per heavy atom. The van der Waals surface area contributed by atoms with E-state index < -0.39 is 10.0 Å². The van der Waals surface area contributed by atoms with Gasteiger partial charge in [-0.1, -0.05) is 26.2 Å². The molecule has 1 saturated carbocycles. The van der Waals surface area contributed by atoms with E-state index in [0.717, 1.165) is 51.4 Å². The molecule has 0 radical (unpaired) electrons. The van der Waals surface area contributed by atoms with Gasteiger partial charge in [0, 0.05) is 44.8 Å². The van der Waals surface area contributed by atoms with Gasteiger partial charge in [0.25, 0.3) is 5.91 Å². The summed E-state index contributed by atoms with van der Waals surface area (Å²) in [6, 6.07) is 6.58. The maximum atomic E-state index is 13.1. The van der Waals surface area contributed by atoms with Crippen molar-refractivity contribution in [1.82, 2.24) is 14.1 Å². The van der Waals surface area contributed by atoms with Gasteiger partial charge in [-0.25, -0.2) is 8.42 Å². The average Bonchev–Trinajstić information content (AvgIpc) is 3.05. The molecule has 0 atom stereocenters. The van der Waals surface area contributed by atoms with Crippen LogP contribution in [0.1, 0.15) is 68.6 Å². The second kappa shape index (κ2) is 10.7. The first-order chi connectivity index (χ1) is 15.4. The Labute approximate surface area is 194 Å². The third-order valence-corrected chi connectivity index (χ3v) is 9.51. The molecule has 178 valence electrons. The number of benzene rings is 1. The van der Waals surface area contributed by atoms with E-state index in [1.165, 1.54) is 38.6 Å². The van der Waals surface area contributed by atoms with Crippen LogP contribution < -0.4 is 0 Å². The number of carbonyl (C=O) groups excluding carboxylic acids is 1. The van der Waals surface area contributed by atoms with Crippen molar-refractivity contribution < 1.29 is 13.2 Å². The summed E-state index contributed by atoms with van der Waals surface area (Å²) < 4.78 is 27.5. The summed E-state index contributed by atoms with van der Waals surface area (Å²) >= 11 is 0. The van der Waals surface area contributed by atoms with Crippen molar-refractivity contribution in [3.05, 3.63) is 29.8 Å². The van der Waals surface area contributed by atoms with Gasteiger partial charge in [0.1, 0.15) is 0 Å². The first-order valence-electron chi connectivity index (χ1n) is 12.6. The van der Waals surface area contributed by atoms with E-state index in [1.807, 2.05) is 4.90 Å². The van der Waals surface area contributed by atoms with Gasteiger partial charge < -0.3 is 9.80 Å². The maximum Gasteiger partial charge on any atom is 0.253 e. The molecule has 6 nitrogen and oxygen atoms in total. The largest absolute Gasteiger partial charge is 0.337 e. The summed E-state index contributed by atoms with van der Waals surface area (Å²) in [6.45, 7) is 8.01. The van der Waals surface area contributed by atoms with Gasteiger partial charge in [0.15, 0.2) is 0 Å². The van der Waals surface area contributed by atoms with Crippen LogP contribution in [0.3, 0.4) is 0 Å². The summed E-state index contributed by atoms with van der Waals surface area (Å²) in [5, 5.41) is 0. The Hall–Kier alpha value is -1.44. The number of rotatable bonds is 5. The van der Waals surface area contributed by atoms with Crippen molar-refractivity contribution in [3.8, 4) is 0 Å². The lowest BCUT2D eigenvalue weighted by molar-refractivity contribution is 0.0760. The number of hydrogen-bond acceptors (Lipinski definition) is 4. The second-order valence-corrected chi connectivity index (χ2v) is 12.0. The molecule has 3 fully saturated rings. The highest BCUT2D eigenvalue weighted by molar-refractivity contribution is 7.89. The molecule has 0 bridgehead atoms. The van der Waals surface area contributed by atoms with Gasteiger partial charge in [-0.15, -0.1) is 0 Å². The number of amides is 1. The standard InChI is InChI=1S/C25H39N3O3S/c1-21-12-16-28(17-13-21)32(30,31)24-10-8-23(9-11-24)25(29)27-15-5-14-26(18-19-27)20-22-6-3-2-4-7-22/h8-11,21-22H,2-7,12-20H2,1H3. The van der Waals surface area contributed by atoms with Gasteiger partial charge in [0.05, 0.1) is 4.90 Å². The average molecular weight is 462 g/mol. The predicted molar refractivity (Wildman–Crippen MR) is 127 cm³/mol. The van der Waals surface area contributed by atoms with E-state index >= 15 is 0 Å². The number of carbonyl (C=O) groups is 1. The van der Waals surface area contributed by atoms with Gasteiger partial charge in [0.2, 0.25) is 10.0 Å². The second-order valence-electron chi connectivity index (χ2n) is 10.1. The molecule has 0 spiro atoms. The van der Waals surface area contributed by atoms with Gasteiger partial charge in [-0.3, -0.25) is 4.79 Å². The van der Waals surface area contributed by atoms with Crippen LogP contribution in [-0.4, -0.2) is 74.2 Å². The van der Waals surface area contributed by atoms with Crippen LogP contribution in [-0.2, 0) is 10.0 Å². The van der Waals surface area contributed by atoms with Gasteiger partial charge >= 0.3 is 0 Å². The molecular weight excluding hydrogens is 422 g/mol. The predicted octanol–water partition coefficient (Wildman–Crippen LogP) is 3.84. The Balaban J connectivity index is 1.34. The number of hydrogen-bond donors (Lipinski definition) is 0. The molecule has 32 heavy (non-hydrogen) atoms. The molecule has 2 saturated heterocycles. The fourth-order valence-electron chi connectivity index (χ4n) is 5.42. The minimum atomic E-state index is -3.48. The van der Waals surface area contributed by atoms with Crippen LogP contribution in [0.25, 0.3) is 0 Å².